The zero-order valence-corrected chi connectivity index (χ0v) is 17.0. The molecule has 0 spiro atoms. The molecule has 1 N–H and O–H groups in total. The zero-order chi connectivity index (χ0) is 17.1. The molecule has 0 bridgehead atoms. The average Bonchev–Trinajstić information content (AvgIpc) is 2.37. The summed E-state index contributed by atoms with van der Waals surface area (Å²) >= 11 is 0. The first-order valence-corrected chi connectivity index (χ1v) is 15.2. The maximum Gasteiger partial charge on any atom is 0.185 e. The smallest absolute Gasteiger partial charge is 0.185 e. The van der Waals surface area contributed by atoms with E-state index in [9.17, 15) is 4.39 Å². The van der Waals surface area contributed by atoms with Crippen LogP contribution in [0.15, 0.2) is 18.2 Å². The quantitative estimate of drug-likeness (QED) is 0.797. The molecular weight excluding hydrogens is 325 g/mol. The third-order valence-electron chi connectivity index (χ3n) is 4.58. The topological polar surface area (TPSA) is 30.5 Å². The van der Waals surface area contributed by atoms with Gasteiger partial charge in [0, 0.05) is 17.8 Å². The molecule has 2 aliphatic rings. The molecule has 2 unspecified atom stereocenters. The summed E-state index contributed by atoms with van der Waals surface area (Å²) in [5.41, 5.74) is 1.06. The van der Waals surface area contributed by atoms with Crippen LogP contribution in [0.25, 0.3) is 0 Å². The third-order valence-corrected chi connectivity index (χ3v) is 6.54. The standard InChI is InChI=1S/C17H28FNO2Si2/c1-22(2,3)20-16-9-10-17(16,21-23(4,5)6)14-11-13(18)7-8-15(14)19-12-16/h7-8,11,19H,9-10,12H2,1-6H3. The highest BCUT2D eigenvalue weighted by Crippen LogP contribution is 2.60. The Kier molecular flexibility index (Phi) is 3.84. The van der Waals surface area contributed by atoms with Crippen molar-refractivity contribution >= 4 is 22.3 Å². The predicted molar refractivity (Wildman–Crippen MR) is 97.4 cm³/mol. The highest BCUT2D eigenvalue weighted by molar-refractivity contribution is 6.70. The van der Waals surface area contributed by atoms with Gasteiger partial charge in [0.05, 0.1) is 0 Å². The van der Waals surface area contributed by atoms with Crippen molar-refractivity contribution in [2.45, 2.75) is 63.3 Å². The largest absolute Gasteiger partial charge is 0.407 e. The minimum absolute atomic E-state index is 0.209. The summed E-state index contributed by atoms with van der Waals surface area (Å²) in [5, 5.41) is 3.46. The predicted octanol–water partition coefficient (Wildman–Crippen LogP) is 4.68. The van der Waals surface area contributed by atoms with E-state index in [-0.39, 0.29) is 11.4 Å². The fraction of sp³-hybridized carbons (Fsp3) is 0.647. The minimum Gasteiger partial charge on any atom is -0.407 e. The van der Waals surface area contributed by atoms with E-state index >= 15 is 0 Å². The molecular formula is C17H28FNO2Si2. The minimum atomic E-state index is -1.83. The summed E-state index contributed by atoms with van der Waals surface area (Å²) in [6.45, 7) is 13.9. The molecule has 1 saturated carbocycles. The number of fused-ring (bicyclic) bond motifs is 3. The van der Waals surface area contributed by atoms with Crippen molar-refractivity contribution in [3.63, 3.8) is 0 Å². The Bertz CT molecular complexity index is 626. The highest BCUT2D eigenvalue weighted by atomic mass is 28.4. The van der Waals surface area contributed by atoms with Crippen molar-refractivity contribution in [3.8, 4) is 0 Å². The maximum atomic E-state index is 14.0. The summed E-state index contributed by atoms with van der Waals surface area (Å²) in [6.07, 6.45) is 1.87. The first kappa shape index (κ1) is 17.1. The molecule has 1 fully saturated rings. The lowest BCUT2D eigenvalue weighted by molar-refractivity contribution is -0.202. The van der Waals surface area contributed by atoms with Crippen molar-refractivity contribution in [2.24, 2.45) is 0 Å². The summed E-state index contributed by atoms with van der Waals surface area (Å²) < 4.78 is 27.4. The number of rotatable bonds is 4. The molecule has 0 radical (unpaired) electrons. The Labute approximate surface area is 140 Å². The van der Waals surface area contributed by atoms with Crippen molar-refractivity contribution < 1.29 is 13.2 Å². The second-order valence-electron chi connectivity index (χ2n) is 8.79. The maximum absolute atomic E-state index is 14.0. The van der Waals surface area contributed by atoms with Crippen LogP contribution in [0.4, 0.5) is 10.1 Å². The summed E-state index contributed by atoms with van der Waals surface area (Å²) in [4.78, 5) is 0. The Morgan fingerprint density at radius 1 is 1.00 bits per heavy atom. The van der Waals surface area contributed by atoms with Gasteiger partial charge in [0.15, 0.2) is 16.6 Å². The highest BCUT2D eigenvalue weighted by Gasteiger charge is 2.66. The van der Waals surface area contributed by atoms with E-state index in [1.165, 1.54) is 6.07 Å². The van der Waals surface area contributed by atoms with Crippen LogP contribution < -0.4 is 5.32 Å². The molecule has 6 heteroatoms. The zero-order valence-electron chi connectivity index (χ0n) is 15.0. The number of hydrogen-bond acceptors (Lipinski definition) is 3. The lowest BCUT2D eigenvalue weighted by Crippen LogP contribution is -2.72. The van der Waals surface area contributed by atoms with Crippen molar-refractivity contribution in [1.29, 1.82) is 0 Å². The molecule has 1 aliphatic carbocycles. The molecule has 0 amide bonds. The molecule has 23 heavy (non-hydrogen) atoms. The van der Waals surface area contributed by atoms with Crippen molar-refractivity contribution in [1.82, 2.24) is 0 Å². The van der Waals surface area contributed by atoms with Gasteiger partial charge in [-0.25, -0.2) is 4.39 Å². The Morgan fingerprint density at radius 2 is 1.65 bits per heavy atom. The molecule has 1 aromatic rings. The van der Waals surface area contributed by atoms with Gasteiger partial charge in [0.25, 0.3) is 0 Å². The summed E-state index contributed by atoms with van der Waals surface area (Å²) in [5.74, 6) is -0.209. The molecule has 3 rings (SSSR count). The van der Waals surface area contributed by atoms with E-state index in [2.05, 4.69) is 44.6 Å². The molecule has 3 nitrogen and oxygen atoms in total. The van der Waals surface area contributed by atoms with E-state index in [1.54, 1.807) is 6.07 Å². The van der Waals surface area contributed by atoms with Gasteiger partial charge >= 0.3 is 0 Å². The van der Waals surface area contributed by atoms with Crippen LogP contribution in [-0.2, 0) is 14.5 Å². The van der Waals surface area contributed by atoms with E-state index in [0.29, 0.717) is 0 Å². The van der Waals surface area contributed by atoms with Crippen molar-refractivity contribution in [2.75, 3.05) is 11.9 Å². The monoisotopic (exact) mass is 353 g/mol. The normalized spacial score (nSPS) is 30.0. The molecule has 1 aliphatic heterocycles. The van der Waals surface area contributed by atoms with Crippen LogP contribution in [0, 0.1) is 5.82 Å². The molecule has 0 saturated heterocycles. The summed E-state index contributed by atoms with van der Waals surface area (Å²) in [6, 6.07) is 4.99. The first-order chi connectivity index (χ1) is 10.5. The van der Waals surface area contributed by atoms with Gasteiger partial charge in [-0.05, 0) is 70.3 Å². The van der Waals surface area contributed by atoms with E-state index < -0.39 is 22.2 Å². The SMILES string of the molecule is C[Si](C)(C)OC12CCC1(O[Si](C)(C)C)c1cc(F)ccc1NC2. The second-order valence-corrected chi connectivity index (χ2v) is 17.7. The first-order valence-electron chi connectivity index (χ1n) is 8.41. The van der Waals surface area contributed by atoms with Gasteiger partial charge in [-0.15, -0.1) is 0 Å². The summed E-state index contributed by atoms with van der Waals surface area (Å²) in [7, 11) is -3.59. The van der Waals surface area contributed by atoms with Crippen molar-refractivity contribution in [3.05, 3.63) is 29.6 Å². The van der Waals surface area contributed by atoms with Crippen LogP contribution in [-0.4, -0.2) is 28.8 Å². The molecule has 1 heterocycles. The van der Waals surface area contributed by atoms with Crippen LogP contribution in [0.5, 0.6) is 0 Å². The number of benzene rings is 1. The van der Waals surface area contributed by atoms with E-state index in [0.717, 1.165) is 30.6 Å². The van der Waals surface area contributed by atoms with Crippen LogP contribution in [0.2, 0.25) is 39.3 Å². The van der Waals surface area contributed by atoms with Gasteiger partial charge in [-0.3, -0.25) is 0 Å². The molecule has 1 aromatic carbocycles. The van der Waals surface area contributed by atoms with Gasteiger partial charge in [0.2, 0.25) is 0 Å². The van der Waals surface area contributed by atoms with Crippen LogP contribution in [0.3, 0.4) is 0 Å². The molecule has 0 aromatic heterocycles. The average molecular weight is 354 g/mol. The Morgan fingerprint density at radius 3 is 2.17 bits per heavy atom. The second kappa shape index (κ2) is 5.15. The molecule has 2 atom stereocenters. The Hall–Kier alpha value is -0.696. The fourth-order valence-electron chi connectivity index (χ4n) is 3.96. The van der Waals surface area contributed by atoms with Gasteiger partial charge in [-0.1, -0.05) is 0 Å². The van der Waals surface area contributed by atoms with Crippen LogP contribution in [0.1, 0.15) is 18.4 Å². The lowest BCUT2D eigenvalue weighted by atomic mass is 9.60. The fourth-order valence-corrected chi connectivity index (χ4v) is 6.92. The van der Waals surface area contributed by atoms with Gasteiger partial charge in [-0.2, -0.15) is 0 Å². The van der Waals surface area contributed by atoms with Gasteiger partial charge in [0.1, 0.15) is 17.0 Å². The number of nitrogens with one attached hydrogen (secondary N) is 1. The van der Waals surface area contributed by atoms with E-state index in [4.69, 9.17) is 8.85 Å². The number of anilines is 1. The third kappa shape index (κ3) is 2.90. The number of hydrogen-bond donors (Lipinski definition) is 1. The lowest BCUT2D eigenvalue weighted by Gasteiger charge is -2.64. The Balaban J connectivity index is 2.12. The van der Waals surface area contributed by atoms with E-state index in [1.807, 2.05) is 6.07 Å². The number of halogens is 1. The van der Waals surface area contributed by atoms with Crippen LogP contribution >= 0.6 is 0 Å². The van der Waals surface area contributed by atoms with Gasteiger partial charge < -0.3 is 14.2 Å². The molecule has 128 valence electrons.